The van der Waals surface area contributed by atoms with E-state index in [1.807, 2.05) is 72.8 Å². The molecule has 1 fully saturated rings. The zero-order valence-corrected chi connectivity index (χ0v) is 23.6. The number of hydrogen-bond acceptors (Lipinski definition) is 6. The summed E-state index contributed by atoms with van der Waals surface area (Å²) < 4.78 is 11.6. The largest absolute Gasteiger partial charge is 0.463 e. The number of esters is 1. The number of amides is 2. The first-order chi connectivity index (χ1) is 20.0. The number of aliphatic hydroxyl groups is 1. The molecule has 1 aliphatic carbocycles. The highest BCUT2D eigenvalue weighted by atomic mass is 16.5. The van der Waals surface area contributed by atoms with Gasteiger partial charge in [0.15, 0.2) is 0 Å². The van der Waals surface area contributed by atoms with Crippen molar-refractivity contribution < 1.29 is 29.0 Å². The summed E-state index contributed by atoms with van der Waals surface area (Å²) in [4.78, 5) is 39.6. The Morgan fingerprint density at radius 1 is 0.951 bits per heavy atom. The smallest absolute Gasteiger partial charge is 0.309 e. The Hall–Kier alpha value is -3.49. The number of carbonyl (C=O) groups is 3. The summed E-state index contributed by atoms with van der Waals surface area (Å²) in [7, 11) is 0. The fraction of sp³-hybridized carbons (Fsp3) is 0.485. The van der Waals surface area contributed by atoms with Crippen LogP contribution in [-0.2, 0) is 36.9 Å². The number of ether oxygens (including phenoxy) is 2. The van der Waals surface area contributed by atoms with Crippen molar-refractivity contribution in [2.45, 2.75) is 69.6 Å². The molecule has 2 aromatic rings. The minimum atomic E-state index is -0.609. The second-order valence-electron chi connectivity index (χ2n) is 11.3. The van der Waals surface area contributed by atoms with Gasteiger partial charge in [-0.05, 0) is 43.2 Å². The van der Waals surface area contributed by atoms with Crippen molar-refractivity contribution in [2.24, 2.45) is 11.8 Å². The summed E-state index contributed by atoms with van der Waals surface area (Å²) in [6, 6.07) is 19.0. The van der Waals surface area contributed by atoms with E-state index in [2.05, 4.69) is 10.6 Å². The van der Waals surface area contributed by atoms with Crippen LogP contribution in [0, 0.1) is 11.8 Å². The zero-order valence-electron chi connectivity index (χ0n) is 23.6. The molecule has 1 aliphatic heterocycles. The fourth-order valence-corrected chi connectivity index (χ4v) is 5.55. The molecule has 0 bridgehead atoms. The Morgan fingerprint density at radius 2 is 1.59 bits per heavy atom. The number of carbonyl (C=O) groups excluding carboxylic acids is 3. The van der Waals surface area contributed by atoms with Crippen molar-refractivity contribution >= 4 is 17.8 Å². The van der Waals surface area contributed by atoms with E-state index in [9.17, 15) is 19.5 Å². The maximum absolute atomic E-state index is 13.4. The Labute approximate surface area is 242 Å². The topological polar surface area (TPSA) is 114 Å². The number of benzene rings is 2. The van der Waals surface area contributed by atoms with Gasteiger partial charge in [-0.3, -0.25) is 14.4 Å². The molecule has 0 unspecified atom stereocenters. The molecule has 8 nitrogen and oxygen atoms in total. The fourth-order valence-electron chi connectivity index (χ4n) is 5.55. The molecule has 0 radical (unpaired) electrons. The molecule has 0 aromatic heterocycles. The highest BCUT2D eigenvalue weighted by Gasteiger charge is 2.36. The lowest BCUT2D eigenvalue weighted by Gasteiger charge is -2.29. The molecular formula is C33H42N2O6. The van der Waals surface area contributed by atoms with Gasteiger partial charge in [0, 0.05) is 6.42 Å². The van der Waals surface area contributed by atoms with Crippen LogP contribution in [0.1, 0.15) is 56.1 Å². The minimum absolute atomic E-state index is 0.00273. The highest BCUT2D eigenvalue weighted by molar-refractivity contribution is 5.86. The van der Waals surface area contributed by atoms with Gasteiger partial charge in [-0.15, -0.1) is 0 Å². The highest BCUT2D eigenvalue weighted by Crippen LogP contribution is 2.29. The van der Waals surface area contributed by atoms with E-state index in [1.54, 1.807) is 0 Å². The number of aliphatic hydroxyl groups excluding tert-OH is 1. The van der Waals surface area contributed by atoms with Crippen LogP contribution in [-0.4, -0.2) is 54.3 Å². The summed E-state index contributed by atoms with van der Waals surface area (Å²) in [5.74, 6) is -1.83. The average Bonchev–Trinajstić information content (AvgIpc) is 3.45. The molecule has 0 spiro atoms. The van der Waals surface area contributed by atoms with Crippen LogP contribution in [0.2, 0.25) is 0 Å². The van der Waals surface area contributed by atoms with Gasteiger partial charge in [0.05, 0.1) is 43.2 Å². The average molecular weight is 563 g/mol. The van der Waals surface area contributed by atoms with Gasteiger partial charge in [-0.2, -0.15) is 0 Å². The molecular weight excluding hydrogens is 520 g/mol. The lowest BCUT2D eigenvalue weighted by molar-refractivity contribution is -0.150. The normalized spacial score (nSPS) is 23.1. The second-order valence-corrected chi connectivity index (χ2v) is 11.3. The van der Waals surface area contributed by atoms with Gasteiger partial charge < -0.3 is 25.2 Å². The maximum atomic E-state index is 13.4. The van der Waals surface area contributed by atoms with Gasteiger partial charge in [-0.1, -0.05) is 85.7 Å². The van der Waals surface area contributed by atoms with E-state index < -0.39 is 17.5 Å². The van der Waals surface area contributed by atoms with Gasteiger partial charge in [-0.25, -0.2) is 0 Å². The molecule has 2 aromatic carbocycles. The number of cyclic esters (lactones) is 1. The monoisotopic (exact) mass is 562 g/mol. The van der Waals surface area contributed by atoms with Gasteiger partial charge in [0.1, 0.15) is 6.61 Å². The Kier molecular flexibility index (Phi) is 11.5. The molecule has 0 saturated heterocycles. The summed E-state index contributed by atoms with van der Waals surface area (Å²) in [6.45, 7) is 0.376. The van der Waals surface area contributed by atoms with Gasteiger partial charge in [0.25, 0.3) is 0 Å². The summed E-state index contributed by atoms with van der Waals surface area (Å²) in [5, 5.41) is 15.9. The van der Waals surface area contributed by atoms with Crippen LogP contribution in [0.15, 0.2) is 72.8 Å². The first-order valence-electron chi connectivity index (χ1n) is 14.7. The van der Waals surface area contributed by atoms with Crippen LogP contribution in [0.3, 0.4) is 0 Å². The molecule has 3 atom stereocenters. The molecule has 1 heterocycles. The van der Waals surface area contributed by atoms with Crippen molar-refractivity contribution in [2.75, 3.05) is 19.8 Å². The Morgan fingerprint density at radius 3 is 2.24 bits per heavy atom. The van der Waals surface area contributed by atoms with Crippen LogP contribution in [0.5, 0.6) is 0 Å². The van der Waals surface area contributed by atoms with Crippen LogP contribution in [0.25, 0.3) is 0 Å². The van der Waals surface area contributed by atoms with E-state index in [4.69, 9.17) is 9.47 Å². The van der Waals surface area contributed by atoms with Gasteiger partial charge in [0.2, 0.25) is 11.8 Å². The molecule has 2 aliphatic rings. The van der Waals surface area contributed by atoms with E-state index in [0.717, 1.165) is 36.8 Å². The first-order valence-corrected chi connectivity index (χ1v) is 14.7. The zero-order chi connectivity index (χ0) is 28.9. The number of nitrogens with one attached hydrogen (secondary N) is 2. The third-order valence-corrected chi connectivity index (χ3v) is 7.94. The van der Waals surface area contributed by atoms with Crippen LogP contribution in [0.4, 0.5) is 0 Å². The maximum Gasteiger partial charge on any atom is 0.309 e. The first kappa shape index (κ1) is 30.5. The van der Waals surface area contributed by atoms with Crippen molar-refractivity contribution in [1.82, 2.24) is 10.6 Å². The summed E-state index contributed by atoms with van der Waals surface area (Å²) in [5.41, 5.74) is 1.45. The molecule has 4 rings (SSSR count). The third kappa shape index (κ3) is 9.54. The quantitative estimate of drug-likeness (QED) is 0.299. The summed E-state index contributed by atoms with van der Waals surface area (Å²) >= 11 is 0. The van der Waals surface area contributed by atoms with E-state index in [0.29, 0.717) is 25.9 Å². The van der Waals surface area contributed by atoms with Crippen molar-refractivity contribution in [1.29, 1.82) is 0 Å². The van der Waals surface area contributed by atoms with E-state index in [-0.39, 0.29) is 49.9 Å². The lowest BCUT2D eigenvalue weighted by Crippen LogP contribution is -2.51. The molecule has 1 saturated carbocycles. The standard InChI is InChI=1S/C33H42N2O6/c36-24-33(17-9-10-18-33)35-30(37)20-27-15-7-8-16-28(19-25-11-3-1-4-12-25)32(39)41-23-29(34-31(27)38)22-40-21-26-13-5-2-6-14-26/h1-8,11-14,27-29,36H,9-10,15-24H2,(H,34,38)(H,35,37)/t27-,28-,29+/m1/s1. The second kappa shape index (κ2) is 15.5. The number of rotatable bonds is 10. The van der Waals surface area contributed by atoms with Crippen molar-refractivity contribution in [3.05, 3.63) is 83.9 Å². The molecule has 41 heavy (non-hydrogen) atoms. The van der Waals surface area contributed by atoms with E-state index in [1.165, 1.54) is 0 Å². The lowest BCUT2D eigenvalue weighted by atomic mass is 9.93. The van der Waals surface area contributed by atoms with E-state index >= 15 is 0 Å². The SMILES string of the molecule is O=C(C[C@H]1CC=CC[C@H](Cc2ccccc2)C(=O)OC[C@H](COCc2ccccc2)NC1=O)NC1(CO)CCCC1. The van der Waals surface area contributed by atoms with Gasteiger partial charge >= 0.3 is 5.97 Å². The molecule has 2 amide bonds. The van der Waals surface area contributed by atoms with Crippen molar-refractivity contribution in [3.63, 3.8) is 0 Å². The summed E-state index contributed by atoms with van der Waals surface area (Å²) in [6.07, 6.45) is 8.55. The minimum Gasteiger partial charge on any atom is -0.463 e. The molecule has 220 valence electrons. The molecule has 3 N–H and O–H groups in total. The number of allylic oxidation sites excluding steroid dienone is 2. The predicted octanol–water partition coefficient (Wildman–Crippen LogP) is 3.87. The molecule has 8 heteroatoms. The number of hydrogen-bond donors (Lipinski definition) is 3. The van der Waals surface area contributed by atoms with Crippen LogP contribution < -0.4 is 10.6 Å². The predicted molar refractivity (Wildman–Crippen MR) is 156 cm³/mol. The Balaban J connectivity index is 1.46. The van der Waals surface area contributed by atoms with Crippen molar-refractivity contribution in [3.8, 4) is 0 Å². The third-order valence-electron chi connectivity index (χ3n) is 7.94. The van der Waals surface area contributed by atoms with Crippen LogP contribution >= 0.6 is 0 Å². The Bertz CT molecular complexity index is 1150.